The Bertz CT molecular complexity index is 1230. The lowest BCUT2D eigenvalue weighted by molar-refractivity contribution is 0.143. The summed E-state index contributed by atoms with van der Waals surface area (Å²) in [5.74, 6) is 6.32. The molecule has 3 rings (SSSR count). The molecule has 3 N–H and O–H groups in total. The summed E-state index contributed by atoms with van der Waals surface area (Å²) in [5, 5.41) is 9.74. The number of nitrogen functional groups attached to an aromatic ring is 1. The number of pyridine rings is 1. The van der Waals surface area contributed by atoms with Gasteiger partial charge in [-0.1, -0.05) is 24.0 Å². The van der Waals surface area contributed by atoms with Crippen molar-refractivity contribution < 1.29 is 18.3 Å². The molecule has 0 radical (unpaired) electrons. The van der Waals surface area contributed by atoms with Gasteiger partial charge in [0.1, 0.15) is 12.2 Å². The second kappa shape index (κ2) is 8.44. The number of anilines is 1. The Labute approximate surface area is 179 Å². The predicted octanol–water partition coefficient (Wildman–Crippen LogP) is 2.89. The first-order chi connectivity index (χ1) is 14.0. The van der Waals surface area contributed by atoms with E-state index < -0.39 is 15.4 Å². The Morgan fingerprint density at radius 2 is 2.00 bits per heavy atom. The van der Waals surface area contributed by atoms with E-state index >= 15 is 0 Å². The van der Waals surface area contributed by atoms with Gasteiger partial charge in [-0.15, -0.1) is 11.3 Å². The van der Waals surface area contributed by atoms with Gasteiger partial charge >= 0.3 is 0 Å². The van der Waals surface area contributed by atoms with E-state index in [4.69, 9.17) is 10.5 Å². The molecule has 0 unspecified atom stereocenters. The van der Waals surface area contributed by atoms with Crippen LogP contribution < -0.4 is 10.5 Å². The molecule has 0 aliphatic carbocycles. The zero-order chi connectivity index (χ0) is 21.9. The van der Waals surface area contributed by atoms with Crippen molar-refractivity contribution in [1.29, 1.82) is 0 Å². The van der Waals surface area contributed by atoms with E-state index in [0.717, 1.165) is 28.7 Å². The molecule has 30 heavy (non-hydrogen) atoms. The lowest BCUT2D eigenvalue weighted by Gasteiger charge is -2.10. The number of nitrogens with two attached hydrogens (primary N) is 1. The highest BCUT2D eigenvalue weighted by Crippen LogP contribution is 2.32. The van der Waals surface area contributed by atoms with Gasteiger partial charge in [-0.05, 0) is 37.6 Å². The first-order valence-corrected chi connectivity index (χ1v) is 11.6. The number of benzene rings is 1. The van der Waals surface area contributed by atoms with Gasteiger partial charge in [-0.2, -0.15) is 0 Å². The fourth-order valence-corrected chi connectivity index (χ4v) is 4.14. The van der Waals surface area contributed by atoms with Crippen LogP contribution in [0.25, 0.3) is 10.4 Å². The van der Waals surface area contributed by atoms with E-state index in [1.807, 2.05) is 24.3 Å². The van der Waals surface area contributed by atoms with Gasteiger partial charge in [0.25, 0.3) is 0 Å². The van der Waals surface area contributed by atoms with Crippen LogP contribution in [0.1, 0.15) is 25.0 Å². The number of thiazole rings is 1. The molecular weight excluding hydrogens is 422 g/mol. The summed E-state index contributed by atoms with van der Waals surface area (Å²) in [6.45, 7) is 3.49. The molecule has 0 fully saturated rings. The van der Waals surface area contributed by atoms with Gasteiger partial charge in [-0.25, -0.2) is 18.4 Å². The fourth-order valence-electron chi connectivity index (χ4n) is 2.39. The van der Waals surface area contributed by atoms with Gasteiger partial charge in [-0.3, -0.25) is 0 Å². The molecule has 2 heterocycles. The Kier molecular flexibility index (Phi) is 6.12. The largest absolute Gasteiger partial charge is 0.485 e. The van der Waals surface area contributed by atoms with E-state index in [2.05, 4.69) is 21.8 Å². The molecule has 0 aliphatic heterocycles. The second-order valence-corrected chi connectivity index (χ2v) is 10.4. The van der Waals surface area contributed by atoms with Gasteiger partial charge < -0.3 is 15.6 Å². The number of nitrogens with zero attached hydrogens (tertiary/aromatic N) is 2. The average Bonchev–Trinajstić information content (AvgIpc) is 3.16. The summed E-state index contributed by atoms with van der Waals surface area (Å²) >= 11 is 1.06. The number of rotatable bonds is 5. The molecule has 0 bridgehead atoms. The number of aromatic nitrogens is 2. The third-order valence-corrected chi connectivity index (χ3v) is 6.54. The average molecular weight is 444 g/mol. The Balaban J connectivity index is 1.79. The van der Waals surface area contributed by atoms with E-state index in [1.54, 1.807) is 26.1 Å². The zero-order valence-corrected chi connectivity index (χ0v) is 18.3. The van der Waals surface area contributed by atoms with Crippen molar-refractivity contribution >= 4 is 27.0 Å². The number of hydrogen-bond donors (Lipinski definition) is 2. The maximum Gasteiger partial charge on any atom is 0.209 e. The van der Waals surface area contributed by atoms with Crippen LogP contribution in [0.3, 0.4) is 0 Å². The highest BCUT2D eigenvalue weighted by atomic mass is 32.2. The van der Waals surface area contributed by atoms with Crippen LogP contribution >= 0.6 is 11.3 Å². The molecule has 2 aromatic heterocycles. The molecule has 0 spiro atoms. The molecule has 0 aliphatic rings. The minimum absolute atomic E-state index is 0.0424. The summed E-state index contributed by atoms with van der Waals surface area (Å²) in [5.41, 5.74) is 7.17. The van der Waals surface area contributed by atoms with Crippen molar-refractivity contribution in [1.82, 2.24) is 9.97 Å². The number of aliphatic hydroxyl groups is 1. The van der Waals surface area contributed by atoms with Crippen LogP contribution in [0, 0.1) is 11.8 Å². The van der Waals surface area contributed by atoms with Gasteiger partial charge in [0.2, 0.25) is 14.2 Å². The van der Waals surface area contributed by atoms with Crippen molar-refractivity contribution in [2.24, 2.45) is 0 Å². The topological polar surface area (TPSA) is 115 Å². The first-order valence-electron chi connectivity index (χ1n) is 8.90. The minimum atomic E-state index is -3.37. The Hall–Kier alpha value is -2.93. The van der Waals surface area contributed by atoms with Crippen molar-refractivity contribution in [3.05, 3.63) is 53.9 Å². The van der Waals surface area contributed by atoms with Crippen LogP contribution in [0.2, 0.25) is 0 Å². The third kappa shape index (κ3) is 5.79. The molecule has 0 saturated carbocycles. The predicted molar refractivity (Wildman–Crippen MR) is 117 cm³/mol. The van der Waals surface area contributed by atoms with Gasteiger partial charge in [0.05, 0.1) is 4.88 Å². The minimum Gasteiger partial charge on any atom is -0.485 e. The van der Waals surface area contributed by atoms with Gasteiger partial charge in [0.15, 0.2) is 11.6 Å². The standard InChI is InChI=1S/C21H21N3O4S2/c1-21(2,25)8-7-14-5-4-6-15(9-14)13-28-17-10-16(11-23-19(17)22)18-12-24-20(29-18)30(3,26)27/h4-6,9-12,25H,13H2,1-3H3,(H2,22,23). The van der Waals surface area contributed by atoms with Crippen molar-refractivity contribution in [2.75, 3.05) is 12.0 Å². The van der Waals surface area contributed by atoms with Crippen LogP contribution in [-0.4, -0.2) is 35.3 Å². The Morgan fingerprint density at radius 3 is 2.67 bits per heavy atom. The number of sulfone groups is 1. The lowest BCUT2D eigenvalue weighted by Crippen LogP contribution is -2.14. The maximum atomic E-state index is 11.7. The molecule has 156 valence electrons. The number of hydrogen-bond acceptors (Lipinski definition) is 8. The van der Waals surface area contributed by atoms with Crippen molar-refractivity contribution in [3.8, 4) is 28.0 Å². The molecule has 3 aromatic rings. The Morgan fingerprint density at radius 1 is 1.23 bits per heavy atom. The highest BCUT2D eigenvalue weighted by Gasteiger charge is 2.15. The summed E-state index contributed by atoms with van der Waals surface area (Å²) in [6, 6.07) is 9.18. The molecule has 7 nitrogen and oxygen atoms in total. The molecule has 0 saturated heterocycles. The third-order valence-electron chi connectivity index (χ3n) is 3.80. The van der Waals surface area contributed by atoms with Crippen LogP contribution in [-0.2, 0) is 16.4 Å². The number of ether oxygens (including phenoxy) is 1. The molecule has 1 aromatic carbocycles. The SMILES string of the molecule is CC(C)(O)C#Cc1cccc(COc2cc(-c3cnc(S(C)(=O)=O)s3)cnc2N)c1. The van der Waals surface area contributed by atoms with E-state index in [1.165, 1.54) is 6.20 Å². The van der Waals surface area contributed by atoms with Crippen molar-refractivity contribution in [3.63, 3.8) is 0 Å². The highest BCUT2D eigenvalue weighted by molar-refractivity contribution is 7.92. The van der Waals surface area contributed by atoms with Crippen LogP contribution in [0.4, 0.5) is 5.82 Å². The molecule has 0 atom stereocenters. The van der Waals surface area contributed by atoms with E-state index in [-0.39, 0.29) is 16.8 Å². The summed E-state index contributed by atoms with van der Waals surface area (Å²) in [6.07, 6.45) is 4.16. The summed E-state index contributed by atoms with van der Waals surface area (Å²) in [4.78, 5) is 8.75. The van der Waals surface area contributed by atoms with E-state index in [0.29, 0.717) is 16.2 Å². The van der Waals surface area contributed by atoms with Crippen molar-refractivity contribution in [2.45, 2.75) is 30.4 Å². The first kappa shape index (κ1) is 21.8. The van der Waals surface area contributed by atoms with Crippen LogP contribution in [0.5, 0.6) is 5.75 Å². The van der Waals surface area contributed by atoms with E-state index in [9.17, 15) is 13.5 Å². The summed E-state index contributed by atoms with van der Waals surface area (Å²) in [7, 11) is -3.37. The maximum absolute atomic E-state index is 11.7. The smallest absolute Gasteiger partial charge is 0.209 e. The normalized spacial score (nSPS) is 11.6. The quantitative estimate of drug-likeness (QED) is 0.583. The summed E-state index contributed by atoms with van der Waals surface area (Å²) < 4.78 is 29.2. The monoisotopic (exact) mass is 443 g/mol. The van der Waals surface area contributed by atoms with Crippen LogP contribution in [0.15, 0.2) is 47.1 Å². The molecule has 0 amide bonds. The molecule has 9 heteroatoms. The second-order valence-electron chi connectivity index (χ2n) is 7.17. The zero-order valence-electron chi connectivity index (χ0n) is 16.7. The van der Waals surface area contributed by atoms with Gasteiger partial charge in [0, 0.05) is 29.8 Å². The lowest BCUT2D eigenvalue weighted by atomic mass is 10.1. The fraction of sp³-hybridized carbons (Fsp3) is 0.238. The molecular formula is C21H21N3O4S2.